The average molecular weight is 569 g/mol. The number of benzene rings is 3. The number of hydrogen-bond acceptors (Lipinski definition) is 6. The van der Waals surface area contributed by atoms with Crippen molar-refractivity contribution in [2.24, 2.45) is 5.73 Å². The number of para-hydroxylation sites is 1. The summed E-state index contributed by atoms with van der Waals surface area (Å²) in [6, 6.07) is 21.9. The van der Waals surface area contributed by atoms with Crippen LogP contribution >= 0.6 is 0 Å². The highest BCUT2D eigenvalue weighted by atomic mass is 32.2. The summed E-state index contributed by atoms with van der Waals surface area (Å²) in [6.45, 7) is -0.215. The molecule has 0 atom stereocenters. The van der Waals surface area contributed by atoms with Crippen LogP contribution in [0.1, 0.15) is 34.3 Å². The molecule has 0 aliphatic carbocycles. The van der Waals surface area contributed by atoms with E-state index in [1.165, 1.54) is 35.7 Å². The van der Waals surface area contributed by atoms with Crippen molar-refractivity contribution in [1.29, 1.82) is 0 Å². The van der Waals surface area contributed by atoms with Crippen molar-refractivity contribution >= 4 is 22.0 Å². The summed E-state index contributed by atoms with van der Waals surface area (Å²) in [5.74, 6) is -1.05. The van der Waals surface area contributed by atoms with Gasteiger partial charge in [-0.05, 0) is 48.2 Å². The standard InChI is InChI=1S/C29H33FN4O5S/c1-39-26-10-6-5-9-25(26)28(36)32-21-29(23-7-3-2-4-8-23)15-17-33(18-16-29)40(37,38)34(27(35)19-31)20-22-11-13-24(30)14-12-22/h2-14H,15-21,31H2,1H3,(H,32,36). The predicted octanol–water partition coefficient (Wildman–Crippen LogP) is 2.83. The molecule has 1 fully saturated rings. The highest BCUT2D eigenvalue weighted by Gasteiger charge is 2.42. The van der Waals surface area contributed by atoms with Crippen molar-refractivity contribution < 1.29 is 27.1 Å². The number of nitrogens with one attached hydrogen (secondary N) is 1. The third kappa shape index (κ3) is 6.33. The number of piperidine rings is 1. The van der Waals surface area contributed by atoms with E-state index in [9.17, 15) is 22.4 Å². The van der Waals surface area contributed by atoms with Gasteiger partial charge in [-0.2, -0.15) is 12.7 Å². The van der Waals surface area contributed by atoms with E-state index in [0.717, 1.165) is 9.87 Å². The fourth-order valence-corrected chi connectivity index (χ4v) is 6.54. The minimum absolute atomic E-state index is 0.125. The lowest BCUT2D eigenvalue weighted by Gasteiger charge is -2.43. The minimum atomic E-state index is -4.22. The second-order valence-electron chi connectivity index (χ2n) is 9.67. The summed E-state index contributed by atoms with van der Waals surface area (Å²) < 4.78 is 48.0. The van der Waals surface area contributed by atoms with Crippen molar-refractivity contribution in [3.8, 4) is 5.75 Å². The van der Waals surface area contributed by atoms with Crippen LogP contribution in [0.5, 0.6) is 5.75 Å². The van der Waals surface area contributed by atoms with Crippen molar-refractivity contribution in [3.05, 3.63) is 101 Å². The molecule has 3 aromatic rings. The molecule has 0 aromatic heterocycles. The Morgan fingerprint density at radius 1 is 1.00 bits per heavy atom. The topological polar surface area (TPSA) is 122 Å². The van der Waals surface area contributed by atoms with Gasteiger partial charge in [0.25, 0.3) is 11.8 Å². The van der Waals surface area contributed by atoms with Gasteiger partial charge in [-0.3, -0.25) is 9.59 Å². The molecule has 2 amide bonds. The number of rotatable bonds is 10. The molecule has 1 heterocycles. The Balaban J connectivity index is 1.54. The number of halogens is 1. The third-order valence-electron chi connectivity index (χ3n) is 7.30. The second kappa shape index (κ2) is 12.6. The molecule has 0 spiro atoms. The summed E-state index contributed by atoms with van der Waals surface area (Å²) in [5, 5.41) is 3.03. The first-order valence-electron chi connectivity index (χ1n) is 12.9. The van der Waals surface area contributed by atoms with Gasteiger partial charge in [-0.1, -0.05) is 54.6 Å². The molecule has 1 aliphatic heterocycles. The molecule has 4 rings (SSSR count). The van der Waals surface area contributed by atoms with Gasteiger partial charge in [0, 0.05) is 25.0 Å². The van der Waals surface area contributed by atoms with E-state index in [1.54, 1.807) is 24.3 Å². The van der Waals surface area contributed by atoms with Crippen LogP contribution in [-0.4, -0.2) is 62.1 Å². The number of amides is 2. The van der Waals surface area contributed by atoms with E-state index < -0.39 is 33.9 Å². The first-order chi connectivity index (χ1) is 19.2. The zero-order valence-corrected chi connectivity index (χ0v) is 23.1. The van der Waals surface area contributed by atoms with Crippen LogP contribution in [0.3, 0.4) is 0 Å². The molecule has 3 N–H and O–H groups in total. The van der Waals surface area contributed by atoms with Gasteiger partial charge in [0.05, 0.1) is 25.8 Å². The van der Waals surface area contributed by atoms with Crippen molar-refractivity contribution in [3.63, 3.8) is 0 Å². The molecule has 0 radical (unpaired) electrons. The summed E-state index contributed by atoms with van der Waals surface area (Å²) >= 11 is 0. The van der Waals surface area contributed by atoms with E-state index in [1.807, 2.05) is 30.3 Å². The zero-order valence-electron chi connectivity index (χ0n) is 22.3. The first kappa shape index (κ1) is 29.2. The number of carbonyl (C=O) groups is 2. The van der Waals surface area contributed by atoms with E-state index >= 15 is 0 Å². The molecule has 11 heteroatoms. The fourth-order valence-electron chi connectivity index (χ4n) is 4.98. The molecule has 40 heavy (non-hydrogen) atoms. The molecule has 0 unspecified atom stereocenters. The normalized spacial score (nSPS) is 15.3. The molecule has 0 saturated carbocycles. The second-order valence-corrected chi connectivity index (χ2v) is 11.5. The minimum Gasteiger partial charge on any atom is -0.496 e. The van der Waals surface area contributed by atoms with Gasteiger partial charge < -0.3 is 15.8 Å². The molecule has 212 valence electrons. The van der Waals surface area contributed by atoms with Crippen molar-refractivity contribution in [1.82, 2.24) is 13.9 Å². The van der Waals surface area contributed by atoms with Gasteiger partial charge >= 0.3 is 10.2 Å². The highest BCUT2D eigenvalue weighted by Crippen LogP contribution is 2.36. The summed E-state index contributed by atoms with van der Waals surface area (Å²) in [6.07, 6.45) is 0.813. The van der Waals surface area contributed by atoms with Crippen molar-refractivity contribution in [2.75, 3.05) is 33.3 Å². The largest absolute Gasteiger partial charge is 0.496 e. The molecular weight excluding hydrogens is 535 g/mol. The SMILES string of the molecule is COc1ccccc1C(=O)NCC1(c2ccccc2)CCN(S(=O)(=O)N(Cc2ccc(F)cc2)C(=O)CN)CC1. The smallest absolute Gasteiger partial charge is 0.306 e. The van der Waals surface area contributed by atoms with Crippen LogP contribution in [0, 0.1) is 5.82 Å². The van der Waals surface area contributed by atoms with Gasteiger partial charge in [0.2, 0.25) is 0 Å². The molecule has 1 saturated heterocycles. The van der Waals surface area contributed by atoms with E-state index in [2.05, 4.69) is 5.32 Å². The number of carbonyl (C=O) groups excluding carboxylic acids is 2. The number of ether oxygens (including phenoxy) is 1. The van der Waals surface area contributed by atoms with E-state index in [-0.39, 0.29) is 32.1 Å². The number of hydrogen-bond donors (Lipinski definition) is 2. The maximum atomic E-state index is 13.6. The average Bonchev–Trinajstić information content (AvgIpc) is 2.99. The Morgan fingerprint density at radius 3 is 2.25 bits per heavy atom. The van der Waals surface area contributed by atoms with Crippen LogP contribution in [0.4, 0.5) is 4.39 Å². The van der Waals surface area contributed by atoms with Crippen LogP contribution in [0.15, 0.2) is 78.9 Å². The predicted molar refractivity (Wildman–Crippen MR) is 149 cm³/mol. The number of methoxy groups -OCH3 is 1. The molecule has 9 nitrogen and oxygen atoms in total. The Kier molecular flexibility index (Phi) is 9.18. The van der Waals surface area contributed by atoms with E-state index in [0.29, 0.717) is 29.7 Å². The van der Waals surface area contributed by atoms with Crippen LogP contribution < -0.4 is 15.8 Å². The van der Waals surface area contributed by atoms with Crippen LogP contribution in [-0.2, 0) is 27.0 Å². The van der Waals surface area contributed by atoms with Gasteiger partial charge in [-0.25, -0.2) is 8.70 Å². The maximum Gasteiger partial charge on any atom is 0.306 e. The zero-order chi connectivity index (χ0) is 28.8. The summed E-state index contributed by atoms with van der Waals surface area (Å²) in [7, 11) is -2.72. The molecule has 3 aromatic carbocycles. The molecular formula is C29H33FN4O5S. The lowest BCUT2D eigenvalue weighted by atomic mass is 9.73. The summed E-state index contributed by atoms with van der Waals surface area (Å²) in [4.78, 5) is 25.7. The monoisotopic (exact) mass is 568 g/mol. The number of nitrogens with zero attached hydrogens (tertiary/aromatic N) is 2. The Labute approximate surface area is 233 Å². The van der Waals surface area contributed by atoms with E-state index in [4.69, 9.17) is 10.5 Å². The maximum absolute atomic E-state index is 13.6. The van der Waals surface area contributed by atoms with Gasteiger partial charge in [0.1, 0.15) is 11.6 Å². The fraction of sp³-hybridized carbons (Fsp3) is 0.310. The lowest BCUT2D eigenvalue weighted by molar-refractivity contribution is -0.125. The van der Waals surface area contributed by atoms with Gasteiger partial charge in [-0.15, -0.1) is 0 Å². The quantitative estimate of drug-likeness (QED) is 0.388. The van der Waals surface area contributed by atoms with Gasteiger partial charge in [0.15, 0.2) is 0 Å². The van der Waals surface area contributed by atoms with Crippen LogP contribution in [0.2, 0.25) is 0 Å². The lowest BCUT2D eigenvalue weighted by Crippen LogP contribution is -2.54. The van der Waals surface area contributed by atoms with Crippen LogP contribution in [0.25, 0.3) is 0 Å². The Morgan fingerprint density at radius 2 is 1.62 bits per heavy atom. The molecule has 1 aliphatic rings. The summed E-state index contributed by atoms with van der Waals surface area (Å²) in [5.41, 5.74) is 6.86. The third-order valence-corrected chi connectivity index (χ3v) is 9.21. The highest BCUT2D eigenvalue weighted by molar-refractivity contribution is 7.87. The Bertz CT molecular complexity index is 1430. The molecule has 0 bridgehead atoms. The Hall–Kier alpha value is -3.80. The first-order valence-corrected chi connectivity index (χ1v) is 14.3. The van der Waals surface area contributed by atoms with Crippen molar-refractivity contribution in [2.45, 2.75) is 24.8 Å². The number of nitrogens with two attached hydrogens (primary N) is 1.